The highest BCUT2D eigenvalue weighted by Gasteiger charge is 2.20. The Bertz CT molecular complexity index is 500. The third kappa shape index (κ3) is 1.69. The van der Waals surface area contributed by atoms with E-state index in [4.69, 9.17) is 4.74 Å². The van der Waals surface area contributed by atoms with Crippen molar-refractivity contribution in [2.45, 2.75) is 32.3 Å². The zero-order valence-electron chi connectivity index (χ0n) is 9.39. The highest BCUT2D eigenvalue weighted by atomic mass is 16.5. The number of pyridine rings is 1. The van der Waals surface area contributed by atoms with Crippen LogP contribution in [0.15, 0.2) is 18.3 Å². The molecule has 4 nitrogen and oxygen atoms in total. The molecule has 84 valence electrons. The normalized spacial score (nSPS) is 21.4. The molecule has 2 aromatic heterocycles. The standard InChI is InChI=1S/C12H15N3O/c1-9-5-6-15-11(8-9)13-12(14-15)10-4-2-3-7-16-10/h5-6,8,10H,2-4,7H2,1H3. The molecule has 0 N–H and O–H groups in total. The quantitative estimate of drug-likeness (QED) is 0.735. The molecule has 2 aromatic rings. The summed E-state index contributed by atoms with van der Waals surface area (Å²) < 4.78 is 7.51. The topological polar surface area (TPSA) is 39.4 Å². The molecule has 3 heterocycles. The fourth-order valence-electron chi connectivity index (χ4n) is 2.08. The van der Waals surface area contributed by atoms with Crippen LogP contribution in [0.4, 0.5) is 0 Å². The third-order valence-corrected chi connectivity index (χ3v) is 2.98. The van der Waals surface area contributed by atoms with Crippen LogP contribution in [0.3, 0.4) is 0 Å². The Labute approximate surface area is 94.3 Å². The molecule has 0 radical (unpaired) electrons. The minimum atomic E-state index is 0.0916. The largest absolute Gasteiger partial charge is 0.370 e. The van der Waals surface area contributed by atoms with Gasteiger partial charge in [-0.25, -0.2) is 9.50 Å². The van der Waals surface area contributed by atoms with E-state index in [1.165, 1.54) is 12.0 Å². The van der Waals surface area contributed by atoms with Gasteiger partial charge in [0.05, 0.1) is 0 Å². The summed E-state index contributed by atoms with van der Waals surface area (Å²) in [7, 11) is 0. The second-order valence-corrected chi connectivity index (χ2v) is 4.33. The number of rotatable bonds is 1. The molecule has 1 aliphatic heterocycles. The fraction of sp³-hybridized carbons (Fsp3) is 0.500. The molecule has 3 rings (SSSR count). The fourth-order valence-corrected chi connectivity index (χ4v) is 2.08. The van der Waals surface area contributed by atoms with Gasteiger partial charge in [0.2, 0.25) is 0 Å². The van der Waals surface area contributed by atoms with Crippen molar-refractivity contribution in [1.82, 2.24) is 14.6 Å². The lowest BCUT2D eigenvalue weighted by molar-refractivity contribution is 0.00962. The summed E-state index contributed by atoms with van der Waals surface area (Å²) in [5, 5.41) is 4.46. The summed E-state index contributed by atoms with van der Waals surface area (Å²) in [4.78, 5) is 4.52. The van der Waals surface area contributed by atoms with E-state index >= 15 is 0 Å². The molecule has 0 aliphatic carbocycles. The van der Waals surface area contributed by atoms with E-state index in [1.807, 2.05) is 22.8 Å². The Morgan fingerprint density at radius 1 is 1.44 bits per heavy atom. The van der Waals surface area contributed by atoms with E-state index in [-0.39, 0.29) is 6.10 Å². The lowest BCUT2D eigenvalue weighted by Gasteiger charge is -2.19. The van der Waals surface area contributed by atoms with E-state index in [1.54, 1.807) is 0 Å². The van der Waals surface area contributed by atoms with Crippen LogP contribution in [0, 0.1) is 6.92 Å². The summed E-state index contributed by atoms with van der Waals surface area (Å²) in [6.45, 7) is 2.89. The first-order valence-corrected chi connectivity index (χ1v) is 5.77. The average Bonchev–Trinajstić information content (AvgIpc) is 2.73. The van der Waals surface area contributed by atoms with Crippen LogP contribution in [0.2, 0.25) is 0 Å². The van der Waals surface area contributed by atoms with Gasteiger partial charge in [-0.05, 0) is 43.9 Å². The molecule has 0 amide bonds. The second-order valence-electron chi connectivity index (χ2n) is 4.33. The maximum Gasteiger partial charge on any atom is 0.180 e. The number of aryl methyl sites for hydroxylation is 1. The Hall–Kier alpha value is -1.42. The zero-order chi connectivity index (χ0) is 11.0. The van der Waals surface area contributed by atoms with Gasteiger partial charge >= 0.3 is 0 Å². The van der Waals surface area contributed by atoms with E-state index in [9.17, 15) is 0 Å². The van der Waals surface area contributed by atoms with E-state index in [0.717, 1.165) is 30.9 Å². The van der Waals surface area contributed by atoms with Crippen molar-refractivity contribution in [1.29, 1.82) is 0 Å². The lowest BCUT2D eigenvalue weighted by Crippen LogP contribution is -2.12. The molecular weight excluding hydrogens is 202 g/mol. The van der Waals surface area contributed by atoms with Gasteiger partial charge in [0.1, 0.15) is 6.10 Å². The summed E-state index contributed by atoms with van der Waals surface area (Å²) in [6, 6.07) is 4.08. The van der Waals surface area contributed by atoms with Crippen LogP contribution in [-0.2, 0) is 4.74 Å². The van der Waals surface area contributed by atoms with E-state index in [2.05, 4.69) is 17.0 Å². The van der Waals surface area contributed by atoms with Gasteiger partial charge in [-0.15, -0.1) is 5.10 Å². The SMILES string of the molecule is Cc1ccn2nc(C3CCCCO3)nc2c1. The maximum atomic E-state index is 5.69. The predicted molar refractivity (Wildman–Crippen MR) is 60.3 cm³/mol. The number of hydrogen-bond acceptors (Lipinski definition) is 3. The molecule has 0 saturated carbocycles. The third-order valence-electron chi connectivity index (χ3n) is 2.98. The van der Waals surface area contributed by atoms with Crippen LogP contribution >= 0.6 is 0 Å². The molecule has 1 saturated heterocycles. The summed E-state index contributed by atoms with van der Waals surface area (Å²) in [6.07, 6.45) is 5.44. The van der Waals surface area contributed by atoms with Gasteiger partial charge in [-0.3, -0.25) is 0 Å². The Kier molecular flexibility index (Phi) is 2.36. The van der Waals surface area contributed by atoms with Crippen LogP contribution in [-0.4, -0.2) is 21.2 Å². The molecule has 4 heteroatoms. The van der Waals surface area contributed by atoms with Crippen molar-refractivity contribution in [3.8, 4) is 0 Å². The number of ether oxygens (including phenoxy) is 1. The van der Waals surface area contributed by atoms with Crippen molar-refractivity contribution in [3.63, 3.8) is 0 Å². The second kappa shape index (κ2) is 3.87. The van der Waals surface area contributed by atoms with Crippen LogP contribution in [0.5, 0.6) is 0 Å². The Morgan fingerprint density at radius 2 is 2.38 bits per heavy atom. The highest BCUT2D eigenvalue weighted by Crippen LogP contribution is 2.25. The van der Waals surface area contributed by atoms with Crippen LogP contribution in [0.25, 0.3) is 5.65 Å². The molecular formula is C12H15N3O. The van der Waals surface area contributed by atoms with Gasteiger partial charge in [0.25, 0.3) is 0 Å². The Balaban J connectivity index is 1.97. The van der Waals surface area contributed by atoms with E-state index in [0.29, 0.717) is 0 Å². The number of aromatic nitrogens is 3. The van der Waals surface area contributed by atoms with Crippen molar-refractivity contribution < 1.29 is 4.74 Å². The van der Waals surface area contributed by atoms with Gasteiger partial charge < -0.3 is 4.74 Å². The summed E-state index contributed by atoms with van der Waals surface area (Å²) in [5.74, 6) is 0.824. The molecule has 0 bridgehead atoms. The first-order chi connectivity index (χ1) is 7.83. The first kappa shape index (κ1) is 9.78. The maximum absolute atomic E-state index is 5.69. The Morgan fingerprint density at radius 3 is 3.19 bits per heavy atom. The minimum Gasteiger partial charge on any atom is -0.370 e. The molecule has 0 aromatic carbocycles. The smallest absolute Gasteiger partial charge is 0.180 e. The molecule has 0 spiro atoms. The van der Waals surface area contributed by atoms with Crippen LogP contribution in [0.1, 0.15) is 36.8 Å². The summed E-state index contributed by atoms with van der Waals surface area (Å²) >= 11 is 0. The zero-order valence-corrected chi connectivity index (χ0v) is 9.39. The first-order valence-electron chi connectivity index (χ1n) is 5.77. The lowest BCUT2D eigenvalue weighted by atomic mass is 10.1. The van der Waals surface area contributed by atoms with Gasteiger partial charge in [0, 0.05) is 12.8 Å². The highest BCUT2D eigenvalue weighted by molar-refractivity contribution is 5.40. The monoisotopic (exact) mass is 217 g/mol. The van der Waals surface area contributed by atoms with Crippen LogP contribution < -0.4 is 0 Å². The van der Waals surface area contributed by atoms with Gasteiger partial charge in [0.15, 0.2) is 11.5 Å². The molecule has 1 unspecified atom stereocenters. The summed E-state index contributed by atoms with van der Waals surface area (Å²) in [5.41, 5.74) is 2.11. The average molecular weight is 217 g/mol. The minimum absolute atomic E-state index is 0.0916. The van der Waals surface area contributed by atoms with Crippen molar-refractivity contribution in [2.75, 3.05) is 6.61 Å². The number of fused-ring (bicyclic) bond motifs is 1. The molecule has 1 aliphatic rings. The van der Waals surface area contributed by atoms with E-state index < -0.39 is 0 Å². The van der Waals surface area contributed by atoms with Crippen molar-refractivity contribution >= 4 is 5.65 Å². The molecule has 1 fully saturated rings. The van der Waals surface area contributed by atoms with Gasteiger partial charge in [-0.1, -0.05) is 0 Å². The molecule has 1 atom stereocenters. The molecule has 16 heavy (non-hydrogen) atoms. The van der Waals surface area contributed by atoms with Gasteiger partial charge in [-0.2, -0.15) is 0 Å². The number of nitrogens with zero attached hydrogens (tertiary/aromatic N) is 3. The predicted octanol–water partition coefficient (Wildman–Crippen LogP) is 2.28. The number of hydrogen-bond donors (Lipinski definition) is 0. The van der Waals surface area contributed by atoms with Crippen molar-refractivity contribution in [3.05, 3.63) is 29.7 Å². The van der Waals surface area contributed by atoms with Crippen molar-refractivity contribution in [2.24, 2.45) is 0 Å².